The maximum absolute atomic E-state index is 11.5. The fourth-order valence-electron chi connectivity index (χ4n) is 1.71. The molecule has 0 aliphatic rings. The standard InChI is InChI=1S/C16H30O6S2/c1-7-23(17,18)13-10-16(5,6)21-11-9-15(3,4)22-12-14-24(19,20)8-2/h7-8H,1-2,9-14H2,3-6H3. The van der Waals surface area contributed by atoms with Crippen LogP contribution < -0.4 is 0 Å². The summed E-state index contributed by atoms with van der Waals surface area (Å²) in [5.74, 6) is -0.117. The monoisotopic (exact) mass is 382 g/mol. The first kappa shape index (κ1) is 23.3. The summed E-state index contributed by atoms with van der Waals surface area (Å²) in [4.78, 5) is 0. The predicted octanol–water partition coefficient (Wildman–Crippen LogP) is 2.47. The molecule has 0 heterocycles. The molecule has 6 nitrogen and oxygen atoms in total. The summed E-state index contributed by atoms with van der Waals surface area (Å²) in [6.07, 6.45) is 0.916. The van der Waals surface area contributed by atoms with Crippen molar-refractivity contribution >= 4 is 19.7 Å². The molecule has 0 aromatic heterocycles. The van der Waals surface area contributed by atoms with E-state index >= 15 is 0 Å². The van der Waals surface area contributed by atoms with Gasteiger partial charge in [0.05, 0.1) is 35.9 Å². The Hall–Kier alpha value is -0.700. The summed E-state index contributed by atoms with van der Waals surface area (Å²) >= 11 is 0. The van der Waals surface area contributed by atoms with Crippen LogP contribution in [0.4, 0.5) is 0 Å². The molecule has 0 N–H and O–H groups in total. The van der Waals surface area contributed by atoms with E-state index in [0.717, 1.165) is 10.8 Å². The van der Waals surface area contributed by atoms with Crippen molar-refractivity contribution in [2.45, 2.75) is 51.7 Å². The van der Waals surface area contributed by atoms with E-state index in [9.17, 15) is 16.8 Å². The zero-order chi connectivity index (χ0) is 19.1. The van der Waals surface area contributed by atoms with Gasteiger partial charge in [-0.05, 0) is 40.5 Å². The molecule has 0 amide bonds. The fourth-order valence-corrected chi connectivity index (χ4v) is 3.13. The Labute approximate surface area is 146 Å². The Morgan fingerprint density at radius 1 is 0.750 bits per heavy atom. The Balaban J connectivity index is 4.27. The van der Waals surface area contributed by atoms with Crippen molar-refractivity contribution < 1.29 is 26.3 Å². The van der Waals surface area contributed by atoms with Gasteiger partial charge < -0.3 is 9.47 Å². The summed E-state index contributed by atoms with van der Waals surface area (Å²) in [7, 11) is -6.51. The molecule has 0 fully saturated rings. The average molecular weight is 383 g/mol. The second-order valence-corrected chi connectivity index (χ2v) is 10.9. The van der Waals surface area contributed by atoms with Crippen LogP contribution in [0.3, 0.4) is 0 Å². The molecule has 0 unspecified atom stereocenters. The molecule has 0 bridgehead atoms. The third-order valence-corrected chi connectivity index (χ3v) is 6.08. The molecule has 0 aliphatic heterocycles. The van der Waals surface area contributed by atoms with E-state index < -0.39 is 30.9 Å². The molecular weight excluding hydrogens is 352 g/mol. The van der Waals surface area contributed by atoms with Crippen molar-refractivity contribution in [2.24, 2.45) is 0 Å². The fraction of sp³-hybridized carbons (Fsp3) is 0.750. The van der Waals surface area contributed by atoms with Crippen LogP contribution >= 0.6 is 0 Å². The van der Waals surface area contributed by atoms with Crippen molar-refractivity contribution in [3.05, 3.63) is 24.0 Å². The molecule has 0 saturated carbocycles. The van der Waals surface area contributed by atoms with Crippen LogP contribution in [0.25, 0.3) is 0 Å². The second-order valence-electron chi connectivity index (χ2n) is 6.78. The summed E-state index contributed by atoms with van der Waals surface area (Å²) in [6, 6.07) is 0. The normalized spacial score (nSPS) is 13.7. The Morgan fingerprint density at radius 3 is 1.67 bits per heavy atom. The van der Waals surface area contributed by atoms with Gasteiger partial charge in [0.25, 0.3) is 0 Å². The summed E-state index contributed by atoms with van der Waals surface area (Å²) in [6.45, 7) is 14.4. The Bertz CT molecular complexity index is 615. The summed E-state index contributed by atoms with van der Waals surface area (Å²) in [5.41, 5.74) is -1.13. The highest BCUT2D eigenvalue weighted by Crippen LogP contribution is 2.20. The van der Waals surface area contributed by atoms with Crippen molar-refractivity contribution in [1.82, 2.24) is 0 Å². The molecule has 8 heteroatoms. The largest absolute Gasteiger partial charge is 0.375 e. The van der Waals surface area contributed by atoms with Crippen molar-refractivity contribution in [3.63, 3.8) is 0 Å². The lowest BCUT2D eigenvalue weighted by atomic mass is 10.0. The first-order valence-electron chi connectivity index (χ1n) is 7.72. The molecule has 0 saturated heterocycles. The lowest BCUT2D eigenvalue weighted by molar-refractivity contribution is -0.0692. The molecule has 0 atom stereocenters. The van der Waals surface area contributed by atoms with Crippen LogP contribution in [0.5, 0.6) is 0 Å². The van der Waals surface area contributed by atoms with Crippen LogP contribution in [-0.4, -0.2) is 52.8 Å². The van der Waals surface area contributed by atoms with Gasteiger partial charge in [-0.2, -0.15) is 0 Å². The van der Waals surface area contributed by atoms with E-state index in [2.05, 4.69) is 13.2 Å². The van der Waals surface area contributed by atoms with E-state index in [4.69, 9.17) is 9.47 Å². The SMILES string of the molecule is C=CS(=O)(=O)CCOC(C)(C)CCOC(C)(C)CCS(=O)(=O)C=C. The van der Waals surface area contributed by atoms with Gasteiger partial charge in [-0.1, -0.05) is 13.2 Å². The number of rotatable bonds is 13. The van der Waals surface area contributed by atoms with E-state index in [-0.39, 0.29) is 18.1 Å². The minimum absolute atomic E-state index is 0.0111. The molecule has 0 aliphatic carbocycles. The predicted molar refractivity (Wildman–Crippen MR) is 97.3 cm³/mol. The molecule has 24 heavy (non-hydrogen) atoms. The topological polar surface area (TPSA) is 86.7 Å². The van der Waals surface area contributed by atoms with Gasteiger partial charge in [-0.15, -0.1) is 0 Å². The highest BCUT2D eigenvalue weighted by molar-refractivity contribution is 7.94. The van der Waals surface area contributed by atoms with Crippen LogP contribution in [-0.2, 0) is 29.1 Å². The quantitative estimate of drug-likeness (QED) is 0.486. The smallest absolute Gasteiger partial charge is 0.173 e. The number of sulfone groups is 2. The molecular formula is C16H30O6S2. The third-order valence-electron chi connectivity index (χ3n) is 3.55. The summed E-state index contributed by atoms with van der Waals surface area (Å²) in [5, 5.41) is 1.88. The Kier molecular flexibility index (Phi) is 8.86. The maximum atomic E-state index is 11.5. The minimum atomic E-state index is -3.27. The third kappa shape index (κ3) is 11.0. The molecule has 0 aromatic carbocycles. The lowest BCUT2D eigenvalue weighted by Gasteiger charge is -2.29. The molecule has 0 radical (unpaired) electrons. The molecule has 142 valence electrons. The number of ether oxygens (including phenoxy) is 2. The molecule has 0 spiro atoms. The summed E-state index contributed by atoms with van der Waals surface area (Å²) < 4.78 is 56.9. The average Bonchev–Trinajstić information content (AvgIpc) is 2.44. The van der Waals surface area contributed by atoms with Gasteiger partial charge in [0.1, 0.15) is 0 Å². The number of hydrogen-bond acceptors (Lipinski definition) is 6. The van der Waals surface area contributed by atoms with E-state index in [0.29, 0.717) is 19.4 Å². The molecule has 0 rings (SSSR count). The lowest BCUT2D eigenvalue weighted by Crippen LogP contribution is -2.33. The first-order valence-corrected chi connectivity index (χ1v) is 11.2. The Morgan fingerprint density at radius 2 is 1.17 bits per heavy atom. The van der Waals surface area contributed by atoms with Crippen LogP contribution in [0.1, 0.15) is 40.5 Å². The maximum Gasteiger partial charge on any atom is 0.173 e. The van der Waals surface area contributed by atoms with Crippen molar-refractivity contribution in [2.75, 3.05) is 24.7 Å². The van der Waals surface area contributed by atoms with Crippen molar-refractivity contribution in [3.8, 4) is 0 Å². The van der Waals surface area contributed by atoms with Gasteiger partial charge >= 0.3 is 0 Å². The zero-order valence-corrected chi connectivity index (χ0v) is 16.7. The molecule has 0 aromatic rings. The second kappa shape index (κ2) is 9.12. The highest BCUT2D eigenvalue weighted by atomic mass is 32.2. The zero-order valence-electron chi connectivity index (χ0n) is 15.1. The van der Waals surface area contributed by atoms with Crippen LogP contribution in [0.2, 0.25) is 0 Å². The van der Waals surface area contributed by atoms with Gasteiger partial charge in [0.2, 0.25) is 0 Å². The van der Waals surface area contributed by atoms with Gasteiger partial charge in [0, 0.05) is 10.8 Å². The van der Waals surface area contributed by atoms with Crippen LogP contribution in [0.15, 0.2) is 24.0 Å². The first-order chi connectivity index (χ1) is 10.7. The minimum Gasteiger partial charge on any atom is -0.375 e. The van der Waals surface area contributed by atoms with E-state index in [1.165, 1.54) is 0 Å². The van der Waals surface area contributed by atoms with Crippen molar-refractivity contribution in [1.29, 1.82) is 0 Å². The van der Waals surface area contributed by atoms with Gasteiger partial charge in [-0.3, -0.25) is 0 Å². The van der Waals surface area contributed by atoms with E-state index in [1.807, 2.05) is 27.7 Å². The highest BCUT2D eigenvalue weighted by Gasteiger charge is 2.24. The van der Waals surface area contributed by atoms with E-state index in [1.54, 1.807) is 0 Å². The number of hydrogen-bond donors (Lipinski definition) is 0. The van der Waals surface area contributed by atoms with Gasteiger partial charge in [0.15, 0.2) is 19.7 Å². The van der Waals surface area contributed by atoms with Crippen LogP contribution in [0, 0.1) is 0 Å². The van der Waals surface area contributed by atoms with Gasteiger partial charge in [-0.25, -0.2) is 16.8 Å².